The van der Waals surface area contributed by atoms with Gasteiger partial charge in [-0.25, -0.2) is 0 Å². The molecule has 0 spiro atoms. The quantitative estimate of drug-likeness (QED) is 0.574. The number of halogens is 2. The summed E-state index contributed by atoms with van der Waals surface area (Å²) in [6, 6.07) is 11.5. The van der Waals surface area contributed by atoms with Gasteiger partial charge in [0.1, 0.15) is 0 Å². The van der Waals surface area contributed by atoms with Crippen LogP contribution in [0, 0.1) is 6.07 Å². The molecule has 13 heavy (non-hydrogen) atoms. The van der Waals surface area contributed by atoms with E-state index in [9.17, 15) is 0 Å². The van der Waals surface area contributed by atoms with Crippen LogP contribution in [0.25, 0.3) is 0 Å². The van der Waals surface area contributed by atoms with E-state index in [2.05, 4.69) is 18.2 Å². The monoisotopic (exact) mass is 277 g/mol. The molecule has 0 nitrogen and oxygen atoms in total. The topological polar surface area (TPSA) is 0 Å². The zero-order valence-electron chi connectivity index (χ0n) is 7.34. The number of rotatable bonds is 5. The van der Waals surface area contributed by atoms with Crippen LogP contribution >= 0.6 is 23.2 Å². The van der Waals surface area contributed by atoms with Crippen LogP contribution in [0.15, 0.2) is 24.3 Å². The summed E-state index contributed by atoms with van der Waals surface area (Å²) in [6.07, 6.45) is 0. The van der Waals surface area contributed by atoms with Crippen molar-refractivity contribution in [3.05, 3.63) is 30.3 Å². The van der Waals surface area contributed by atoms with Gasteiger partial charge in [0, 0.05) is 0 Å². The summed E-state index contributed by atoms with van der Waals surface area (Å²) in [7, 11) is 0. The fourth-order valence-corrected chi connectivity index (χ4v) is 6.76. The molecular formula is C10H12AsCl2. The summed E-state index contributed by atoms with van der Waals surface area (Å²) in [6.45, 7) is 0. The molecule has 0 bridgehead atoms. The summed E-state index contributed by atoms with van der Waals surface area (Å²) >= 11 is 10.5. The number of hydrogen-bond donors (Lipinski definition) is 0. The summed E-state index contributed by atoms with van der Waals surface area (Å²) in [4.78, 5) is 0. The molecule has 1 rings (SSSR count). The van der Waals surface area contributed by atoms with E-state index in [1.165, 1.54) is 4.35 Å². The van der Waals surface area contributed by atoms with Crippen LogP contribution in [0.2, 0.25) is 10.4 Å². The third kappa shape index (κ3) is 3.93. The van der Waals surface area contributed by atoms with Gasteiger partial charge in [0.2, 0.25) is 0 Å². The second kappa shape index (κ2) is 6.76. The summed E-state index contributed by atoms with van der Waals surface area (Å²) in [5, 5.41) is 2.25. The van der Waals surface area contributed by atoms with Crippen molar-refractivity contribution in [2.45, 2.75) is 10.4 Å². The Kier molecular flexibility index (Phi) is 5.94. The van der Waals surface area contributed by atoms with E-state index in [1.807, 2.05) is 12.1 Å². The first-order valence-electron chi connectivity index (χ1n) is 4.22. The minimum atomic E-state index is -0.981. The van der Waals surface area contributed by atoms with E-state index in [4.69, 9.17) is 23.2 Å². The van der Waals surface area contributed by atoms with Crippen LogP contribution < -0.4 is 4.35 Å². The van der Waals surface area contributed by atoms with Gasteiger partial charge >= 0.3 is 94.7 Å². The fraction of sp³-hybridized carbons (Fsp3) is 0.400. The predicted molar refractivity (Wildman–Crippen MR) is 61.7 cm³/mol. The van der Waals surface area contributed by atoms with Crippen LogP contribution in [-0.4, -0.2) is 26.4 Å². The molecule has 0 heterocycles. The Hall–Kier alpha value is 0.358. The Morgan fingerprint density at radius 1 is 1.15 bits per heavy atom. The predicted octanol–water partition coefficient (Wildman–Crippen LogP) is 2.67. The van der Waals surface area contributed by atoms with E-state index in [0.29, 0.717) is 0 Å². The molecule has 71 valence electrons. The second-order valence-electron chi connectivity index (χ2n) is 2.61. The fourth-order valence-electron chi connectivity index (χ4n) is 1.14. The van der Waals surface area contributed by atoms with E-state index < -0.39 is 14.7 Å². The van der Waals surface area contributed by atoms with Crippen LogP contribution in [0.4, 0.5) is 0 Å². The molecule has 0 N–H and O–H groups in total. The van der Waals surface area contributed by atoms with Gasteiger partial charge in [-0.3, -0.25) is 0 Å². The standard InChI is InChI=1S/C10H12AsCl2/c12-8-6-11(7-9-13)10-4-2-1-3-5-10/h1-4H,6-9H2. The van der Waals surface area contributed by atoms with Crippen molar-refractivity contribution in [2.24, 2.45) is 0 Å². The van der Waals surface area contributed by atoms with Gasteiger partial charge in [0.05, 0.1) is 0 Å². The average Bonchev–Trinajstić information content (AvgIpc) is 2.19. The third-order valence-electron chi connectivity index (χ3n) is 1.74. The Morgan fingerprint density at radius 3 is 2.31 bits per heavy atom. The number of benzene rings is 1. The molecule has 0 saturated carbocycles. The molecule has 0 atom stereocenters. The minimum absolute atomic E-state index is 0.750. The van der Waals surface area contributed by atoms with Crippen molar-refractivity contribution in [2.75, 3.05) is 11.8 Å². The first kappa shape index (κ1) is 11.4. The molecule has 1 aromatic rings. The summed E-state index contributed by atoms with van der Waals surface area (Å²) < 4.78 is 1.37. The Bertz CT molecular complexity index is 220. The van der Waals surface area contributed by atoms with E-state index in [1.54, 1.807) is 0 Å². The van der Waals surface area contributed by atoms with E-state index in [-0.39, 0.29) is 0 Å². The molecule has 0 aliphatic rings. The maximum atomic E-state index is 5.76. The molecule has 0 fully saturated rings. The normalized spacial score (nSPS) is 10.7. The van der Waals surface area contributed by atoms with Gasteiger partial charge in [-0.15, -0.1) is 0 Å². The van der Waals surface area contributed by atoms with Crippen LogP contribution in [0.5, 0.6) is 0 Å². The molecule has 0 aliphatic carbocycles. The SMILES string of the molecule is ClCC[As](CCCl)c1[c]cccc1. The van der Waals surface area contributed by atoms with Crippen molar-refractivity contribution >= 4 is 42.2 Å². The first-order chi connectivity index (χ1) is 6.38. The zero-order chi connectivity index (χ0) is 9.52. The Morgan fingerprint density at radius 2 is 1.85 bits per heavy atom. The van der Waals surface area contributed by atoms with Crippen LogP contribution in [0.3, 0.4) is 0 Å². The number of hydrogen-bond acceptors (Lipinski definition) is 0. The number of alkyl halides is 2. The molecule has 0 aromatic heterocycles. The van der Waals surface area contributed by atoms with Crippen LogP contribution in [-0.2, 0) is 0 Å². The van der Waals surface area contributed by atoms with Gasteiger partial charge in [0.25, 0.3) is 0 Å². The summed E-state index contributed by atoms with van der Waals surface area (Å²) in [5.74, 6) is 1.50. The van der Waals surface area contributed by atoms with Gasteiger partial charge in [-0.05, 0) is 0 Å². The Labute approximate surface area is 94.5 Å². The van der Waals surface area contributed by atoms with Crippen molar-refractivity contribution < 1.29 is 0 Å². The third-order valence-corrected chi connectivity index (χ3v) is 8.49. The van der Waals surface area contributed by atoms with Crippen molar-refractivity contribution in [1.29, 1.82) is 0 Å². The molecule has 1 aromatic carbocycles. The Balaban J connectivity index is 2.64. The van der Waals surface area contributed by atoms with Gasteiger partial charge in [-0.2, -0.15) is 0 Å². The summed E-state index contributed by atoms with van der Waals surface area (Å²) in [5.41, 5.74) is 0. The molecule has 3 heteroatoms. The molecule has 0 unspecified atom stereocenters. The molecule has 0 aliphatic heterocycles. The first-order valence-corrected chi connectivity index (χ1v) is 8.88. The van der Waals surface area contributed by atoms with Crippen LogP contribution in [0.1, 0.15) is 0 Å². The molecule has 1 radical (unpaired) electrons. The molecule has 0 amide bonds. The van der Waals surface area contributed by atoms with Gasteiger partial charge in [-0.1, -0.05) is 0 Å². The van der Waals surface area contributed by atoms with Crippen molar-refractivity contribution in [3.63, 3.8) is 0 Å². The van der Waals surface area contributed by atoms with Crippen molar-refractivity contribution in [3.8, 4) is 0 Å². The molecule has 0 saturated heterocycles. The van der Waals surface area contributed by atoms with Gasteiger partial charge < -0.3 is 0 Å². The van der Waals surface area contributed by atoms with Gasteiger partial charge in [0.15, 0.2) is 0 Å². The van der Waals surface area contributed by atoms with E-state index >= 15 is 0 Å². The maximum absolute atomic E-state index is 5.76. The average molecular weight is 278 g/mol. The van der Waals surface area contributed by atoms with Crippen molar-refractivity contribution in [1.82, 2.24) is 0 Å². The zero-order valence-corrected chi connectivity index (χ0v) is 10.7. The molecular weight excluding hydrogens is 266 g/mol. The van der Waals surface area contributed by atoms with E-state index in [0.717, 1.165) is 22.2 Å². The second-order valence-corrected chi connectivity index (χ2v) is 8.52.